The lowest BCUT2D eigenvalue weighted by Gasteiger charge is -2.68. The first kappa shape index (κ1) is 36.3. The van der Waals surface area contributed by atoms with Gasteiger partial charge in [-0.2, -0.15) is 4.89 Å². The predicted molar refractivity (Wildman–Crippen MR) is 216 cm³/mol. The zero-order valence-corrected chi connectivity index (χ0v) is 32.9. The Morgan fingerprint density at radius 3 is 1.57 bits per heavy atom. The fourth-order valence-corrected chi connectivity index (χ4v) is 12.8. The molecule has 1 unspecified atom stereocenters. The fourth-order valence-electron chi connectivity index (χ4n) is 12.8. The highest BCUT2D eigenvalue weighted by atomic mass is 17.3. The van der Waals surface area contributed by atoms with E-state index in [2.05, 4.69) is 66.7 Å². The van der Waals surface area contributed by atoms with Crippen LogP contribution in [-0.2, 0) is 38.2 Å². The summed E-state index contributed by atoms with van der Waals surface area (Å²) in [6.07, 6.45) is 13.4. The van der Waals surface area contributed by atoms with Crippen LogP contribution in [0.15, 0.2) is 115 Å². The molecule has 0 N–H and O–H groups in total. The van der Waals surface area contributed by atoms with Crippen LogP contribution in [0.3, 0.4) is 0 Å². The first-order chi connectivity index (χ1) is 27.5. The Labute approximate surface area is 332 Å². The predicted octanol–water partition coefficient (Wildman–Crippen LogP) is 11.3. The van der Waals surface area contributed by atoms with E-state index in [0.29, 0.717) is 25.0 Å². The zero-order valence-electron chi connectivity index (χ0n) is 32.9. The minimum absolute atomic E-state index is 0.354. The largest absolute Gasteiger partial charge is 0.496 e. The highest BCUT2D eigenvalue weighted by Gasteiger charge is 2.76. The molecule has 9 fully saturated rings. The highest BCUT2D eigenvalue weighted by Crippen LogP contribution is 2.69. The van der Waals surface area contributed by atoms with Crippen molar-refractivity contribution >= 4 is 5.76 Å². The van der Waals surface area contributed by atoms with Crippen LogP contribution in [0.5, 0.6) is 11.5 Å². The molecule has 0 amide bonds. The van der Waals surface area contributed by atoms with Gasteiger partial charge in [0.25, 0.3) is 5.79 Å². The minimum atomic E-state index is -0.832. The van der Waals surface area contributed by atoms with Gasteiger partial charge in [0.1, 0.15) is 30.5 Å². The van der Waals surface area contributed by atoms with E-state index in [1.54, 1.807) is 12.7 Å². The summed E-state index contributed by atoms with van der Waals surface area (Å²) < 4.78 is 24.3. The van der Waals surface area contributed by atoms with Crippen LogP contribution in [0.2, 0.25) is 0 Å². The van der Waals surface area contributed by atoms with Gasteiger partial charge in [0.15, 0.2) is 5.60 Å². The molecule has 1 aliphatic heterocycles. The van der Waals surface area contributed by atoms with Gasteiger partial charge in [0, 0.05) is 18.2 Å². The second-order valence-electron chi connectivity index (χ2n) is 18.0. The Balaban J connectivity index is 0.000000138. The summed E-state index contributed by atoms with van der Waals surface area (Å²) >= 11 is 0. The number of methoxy groups -OCH3 is 2. The summed E-state index contributed by atoms with van der Waals surface area (Å²) in [7, 11) is 3.59. The van der Waals surface area contributed by atoms with Crippen molar-refractivity contribution in [3.63, 3.8) is 0 Å². The topological polar surface area (TPSA) is 55.4 Å². The van der Waals surface area contributed by atoms with E-state index in [9.17, 15) is 0 Å². The van der Waals surface area contributed by atoms with Crippen molar-refractivity contribution in [2.24, 2.45) is 47.3 Å². The van der Waals surface area contributed by atoms with E-state index >= 15 is 0 Å². The molecule has 1 saturated heterocycles. The lowest BCUT2D eigenvalue weighted by molar-refractivity contribution is -0.645. The molecule has 56 heavy (non-hydrogen) atoms. The maximum atomic E-state index is 6.15. The molecule has 292 valence electrons. The van der Waals surface area contributed by atoms with Gasteiger partial charge < -0.3 is 18.9 Å². The summed E-state index contributed by atoms with van der Waals surface area (Å²) in [6, 6.07) is 37.2. The van der Waals surface area contributed by atoms with Crippen LogP contribution in [0, 0.1) is 47.3 Å². The molecule has 1 spiro atoms. The van der Waals surface area contributed by atoms with Gasteiger partial charge in [-0.1, -0.05) is 84.9 Å². The van der Waals surface area contributed by atoms with Gasteiger partial charge in [-0.3, -0.25) is 0 Å². The molecule has 13 rings (SSSR count). The Hall–Kier alpha value is -4.10. The molecule has 1 heterocycles. The third-order valence-corrected chi connectivity index (χ3v) is 14.7. The number of benzene rings is 4. The van der Waals surface area contributed by atoms with Gasteiger partial charge in [-0.15, -0.1) is 0 Å². The van der Waals surface area contributed by atoms with Crippen LogP contribution in [0.25, 0.3) is 5.76 Å². The maximum Gasteiger partial charge on any atom is 0.260 e. The van der Waals surface area contributed by atoms with Gasteiger partial charge in [-0.05, 0) is 153 Å². The second kappa shape index (κ2) is 15.0. The third-order valence-electron chi connectivity index (χ3n) is 14.7. The van der Waals surface area contributed by atoms with E-state index in [1.807, 2.05) is 49.6 Å². The molecule has 0 aromatic heterocycles. The van der Waals surface area contributed by atoms with Crippen LogP contribution in [-0.4, -0.2) is 19.8 Å². The second-order valence-corrected chi connectivity index (χ2v) is 18.0. The fraction of sp³-hybridized carbons (Fsp3) is 0.480. The van der Waals surface area contributed by atoms with E-state index in [1.165, 1.54) is 75.3 Å². The molecule has 6 heteroatoms. The molecule has 4 aromatic carbocycles. The smallest absolute Gasteiger partial charge is 0.260 e. The number of hydrogen-bond acceptors (Lipinski definition) is 6. The van der Waals surface area contributed by atoms with Crippen LogP contribution in [0.4, 0.5) is 0 Å². The average molecular weight is 753 g/mol. The molecule has 9 aliphatic rings. The standard InChI is InChI=1S/C25H28O4.C25H28O2/c1-26-25(20-8-5-9-23(15-20)27-16-17-6-3-2-4-7-17)24(28-29-25)21-11-18-10-19(13-21)14-22(24)12-18;1-26-25(24-21-11-18-10-19(13-21)14-22(24)12-18)20-8-5-9-23(15-20)27-16-17-6-3-2-4-7-17/h2-9,15,18-19,21-22H,10-14,16H2,1H3;2-9,15,18-19,21-22H,10-14,16H2,1H3. The van der Waals surface area contributed by atoms with Gasteiger partial charge in [0.05, 0.1) is 7.11 Å². The van der Waals surface area contributed by atoms with Crippen molar-refractivity contribution < 1.29 is 28.7 Å². The first-order valence-electron chi connectivity index (χ1n) is 21.3. The molecule has 6 nitrogen and oxygen atoms in total. The Bertz CT molecular complexity index is 1960. The lowest BCUT2D eigenvalue weighted by Crippen LogP contribution is -2.76. The Kier molecular flexibility index (Phi) is 9.72. The van der Waals surface area contributed by atoms with Crippen molar-refractivity contribution in [1.29, 1.82) is 0 Å². The van der Waals surface area contributed by atoms with Crippen LogP contribution < -0.4 is 9.47 Å². The molecule has 4 aromatic rings. The van der Waals surface area contributed by atoms with E-state index in [-0.39, 0.29) is 5.60 Å². The van der Waals surface area contributed by atoms with Gasteiger partial charge in [-0.25, -0.2) is 4.89 Å². The molecular weight excluding hydrogens is 697 g/mol. The van der Waals surface area contributed by atoms with Crippen molar-refractivity contribution in [2.45, 2.75) is 88.8 Å². The van der Waals surface area contributed by atoms with Crippen LogP contribution >= 0.6 is 0 Å². The molecule has 1 atom stereocenters. The van der Waals surface area contributed by atoms with E-state index in [0.717, 1.165) is 63.9 Å². The average Bonchev–Trinajstić information content (AvgIpc) is 3.21. The summed E-state index contributed by atoms with van der Waals surface area (Å²) in [6.45, 7) is 1.14. The third kappa shape index (κ3) is 6.37. The van der Waals surface area contributed by atoms with Crippen molar-refractivity contribution in [3.05, 3.63) is 137 Å². The number of rotatable bonds is 10. The lowest BCUT2D eigenvalue weighted by atomic mass is 9.47. The van der Waals surface area contributed by atoms with Crippen LogP contribution in [0.1, 0.15) is 86.5 Å². The van der Waals surface area contributed by atoms with E-state index < -0.39 is 5.79 Å². The van der Waals surface area contributed by atoms with Gasteiger partial charge >= 0.3 is 0 Å². The SMILES string of the molecule is COC(=C1C2CC3CC(C2)CC1C3)c1cccc(OCc2ccccc2)c1.COC1(c2cccc(OCc3ccccc3)c2)OOC12C1CC3CC(C1)CC2C3. The van der Waals surface area contributed by atoms with Gasteiger partial charge in [0.2, 0.25) is 0 Å². The summed E-state index contributed by atoms with van der Waals surface area (Å²) in [5.74, 6) is 8.20. The molecular formula is C50H56O6. The molecule has 8 saturated carbocycles. The minimum Gasteiger partial charge on any atom is -0.496 e. The maximum absolute atomic E-state index is 6.15. The normalized spacial score (nSPS) is 34.1. The van der Waals surface area contributed by atoms with E-state index in [4.69, 9.17) is 28.7 Å². The Morgan fingerprint density at radius 2 is 1.07 bits per heavy atom. The zero-order chi connectivity index (χ0) is 37.7. The number of allylic oxidation sites excluding steroid dienone is 1. The summed E-state index contributed by atoms with van der Waals surface area (Å²) in [5, 5.41) is 0. The van der Waals surface area contributed by atoms with Crippen molar-refractivity contribution in [3.8, 4) is 11.5 Å². The number of ether oxygens (including phenoxy) is 4. The quantitative estimate of drug-likeness (QED) is 0.119. The molecule has 8 aliphatic carbocycles. The Morgan fingerprint density at radius 1 is 0.554 bits per heavy atom. The summed E-state index contributed by atoms with van der Waals surface area (Å²) in [5.41, 5.74) is 5.77. The summed E-state index contributed by atoms with van der Waals surface area (Å²) in [4.78, 5) is 11.9. The van der Waals surface area contributed by atoms with Crippen molar-refractivity contribution in [1.82, 2.24) is 0 Å². The first-order valence-corrected chi connectivity index (χ1v) is 21.3. The molecule has 8 bridgehead atoms. The number of hydrogen-bond donors (Lipinski definition) is 0. The molecule has 0 radical (unpaired) electrons. The highest BCUT2D eigenvalue weighted by molar-refractivity contribution is 5.66. The monoisotopic (exact) mass is 752 g/mol. The van der Waals surface area contributed by atoms with Crippen molar-refractivity contribution in [2.75, 3.05) is 14.2 Å².